The highest BCUT2D eigenvalue weighted by molar-refractivity contribution is 7.19. The number of benzene rings is 1. The van der Waals surface area contributed by atoms with Gasteiger partial charge in [0.2, 0.25) is 0 Å². The van der Waals surface area contributed by atoms with Crippen molar-refractivity contribution in [2.75, 3.05) is 0 Å². The van der Waals surface area contributed by atoms with E-state index in [0.29, 0.717) is 0 Å². The molecule has 3 rings (SSSR count). The Kier molecular flexibility index (Phi) is 3.33. The van der Waals surface area contributed by atoms with Crippen LogP contribution in [-0.2, 0) is 10.2 Å². The lowest BCUT2D eigenvalue weighted by Gasteiger charge is -2.33. The third-order valence-electron chi connectivity index (χ3n) is 4.85. The number of thiophene rings is 1. The Morgan fingerprint density at radius 3 is 2.55 bits per heavy atom. The first-order valence-corrected chi connectivity index (χ1v) is 8.10. The molecule has 1 heterocycles. The van der Waals surface area contributed by atoms with Crippen LogP contribution < -0.4 is 0 Å². The first-order valence-electron chi connectivity index (χ1n) is 7.28. The van der Waals surface area contributed by atoms with Crippen LogP contribution in [0.3, 0.4) is 0 Å². The molecule has 1 aromatic carbocycles. The average molecular weight is 288 g/mol. The molecule has 3 heteroatoms. The summed E-state index contributed by atoms with van der Waals surface area (Å²) >= 11 is 1.77. The molecule has 1 aromatic heterocycles. The smallest absolute Gasteiger partial charge is 0.314 e. The molecule has 0 bridgehead atoms. The van der Waals surface area contributed by atoms with Crippen molar-refractivity contribution in [3.63, 3.8) is 0 Å². The average Bonchev–Trinajstić information content (AvgIpc) is 2.74. The van der Waals surface area contributed by atoms with Crippen molar-refractivity contribution in [3.05, 3.63) is 34.2 Å². The summed E-state index contributed by atoms with van der Waals surface area (Å²) in [5.41, 5.74) is 1.67. The van der Waals surface area contributed by atoms with E-state index in [9.17, 15) is 9.90 Å². The molecule has 0 aliphatic heterocycles. The van der Waals surface area contributed by atoms with Gasteiger partial charge in [0.15, 0.2) is 0 Å². The normalized spacial score (nSPS) is 18.3. The fourth-order valence-electron chi connectivity index (χ4n) is 3.43. The standard InChI is InChI=1S/C17H20O2S/c1-11-12(2)20-15-10-13(6-7-14(11)15)17(16(18)19)8-4-3-5-9-17/h6-7,10H,3-5,8-9H2,1-2H3,(H,18,19). The minimum Gasteiger partial charge on any atom is -0.481 e. The van der Waals surface area contributed by atoms with Crippen LogP contribution in [0.5, 0.6) is 0 Å². The molecule has 0 amide bonds. The Morgan fingerprint density at radius 2 is 1.90 bits per heavy atom. The van der Waals surface area contributed by atoms with Crippen molar-refractivity contribution < 1.29 is 9.90 Å². The molecule has 0 unspecified atom stereocenters. The summed E-state index contributed by atoms with van der Waals surface area (Å²) in [5, 5.41) is 11.0. The molecule has 2 aromatic rings. The topological polar surface area (TPSA) is 37.3 Å². The maximum atomic E-state index is 11.9. The third kappa shape index (κ3) is 1.96. The number of hydrogen-bond acceptors (Lipinski definition) is 2. The van der Waals surface area contributed by atoms with Gasteiger partial charge in [-0.1, -0.05) is 31.4 Å². The van der Waals surface area contributed by atoms with Crippen molar-refractivity contribution in [1.82, 2.24) is 0 Å². The van der Waals surface area contributed by atoms with E-state index < -0.39 is 11.4 Å². The highest BCUT2D eigenvalue weighted by atomic mass is 32.1. The van der Waals surface area contributed by atoms with E-state index in [-0.39, 0.29) is 0 Å². The molecule has 0 atom stereocenters. The van der Waals surface area contributed by atoms with Crippen LogP contribution in [-0.4, -0.2) is 11.1 Å². The van der Waals surface area contributed by atoms with Crippen molar-refractivity contribution in [2.45, 2.75) is 51.4 Å². The minimum absolute atomic E-state index is 0.651. The quantitative estimate of drug-likeness (QED) is 0.861. The number of rotatable bonds is 2. The summed E-state index contributed by atoms with van der Waals surface area (Å²) in [6.07, 6.45) is 4.75. The number of fused-ring (bicyclic) bond motifs is 1. The van der Waals surface area contributed by atoms with Crippen LogP contribution in [0, 0.1) is 13.8 Å². The van der Waals surface area contributed by atoms with Crippen LogP contribution in [0.1, 0.15) is 48.1 Å². The molecule has 1 aliphatic rings. The van der Waals surface area contributed by atoms with Gasteiger partial charge in [0.05, 0.1) is 5.41 Å². The Balaban J connectivity index is 2.14. The number of hydrogen-bond donors (Lipinski definition) is 1. The summed E-state index contributed by atoms with van der Waals surface area (Å²) in [7, 11) is 0. The van der Waals surface area contributed by atoms with Gasteiger partial charge in [-0.05, 0) is 49.3 Å². The second-order valence-corrected chi connectivity index (χ2v) is 7.20. The van der Waals surface area contributed by atoms with E-state index in [1.807, 2.05) is 6.07 Å². The van der Waals surface area contributed by atoms with Crippen LogP contribution in [0.25, 0.3) is 10.1 Å². The van der Waals surface area contributed by atoms with E-state index in [4.69, 9.17) is 0 Å². The molecule has 1 saturated carbocycles. The molecular formula is C17H20O2S. The fraction of sp³-hybridized carbons (Fsp3) is 0.471. The molecule has 1 fully saturated rings. The molecule has 2 nitrogen and oxygen atoms in total. The largest absolute Gasteiger partial charge is 0.481 e. The molecule has 20 heavy (non-hydrogen) atoms. The lowest BCUT2D eigenvalue weighted by Crippen LogP contribution is -2.37. The Morgan fingerprint density at radius 1 is 1.20 bits per heavy atom. The highest BCUT2D eigenvalue weighted by Crippen LogP contribution is 2.42. The lowest BCUT2D eigenvalue weighted by molar-refractivity contribution is -0.145. The summed E-state index contributed by atoms with van der Waals surface area (Å²) in [4.78, 5) is 13.2. The number of carbonyl (C=O) groups is 1. The molecule has 0 radical (unpaired) electrons. The van der Waals surface area contributed by atoms with Gasteiger partial charge in [0.25, 0.3) is 0 Å². The van der Waals surface area contributed by atoms with E-state index >= 15 is 0 Å². The van der Waals surface area contributed by atoms with Crippen molar-refractivity contribution in [2.24, 2.45) is 0 Å². The highest BCUT2D eigenvalue weighted by Gasteiger charge is 2.41. The zero-order chi connectivity index (χ0) is 14.3. The summed E-state index contributed by atoms with van der Waals surface area (Å²) in [6, 6.07) is 6.28. The first kappa shape index (κ1) is 13.6. The Bertz CT molecular complexity index is 663. The second-order valence-electron chi connectivity index (χ2n) is 5.94. The number of aryl methyl sites for hydroxylation is 2. The zero-order valence-corrected chi connectivity index (χ0v) is 12.8. The van der Waals surface area contributed by atoms with Gasteiger partial charge < -0.3 is 5.11 Å². The second kappa shape index (κ2) is 4.88. The van der Waals surface area contributed by atoms with Gasteiger partial charge in [-0.25, -0.2) is 0 Å². The van der Waals surface area contributed by atoms with Crippen molar-refractivity contribution in [3.8, 4) is 0 Å². The molecule has 0 spiro atoms. The Hall–Kier alpha value is -1.35. The van der Waals surface area contributed by atoms with Crippen LogP contribution in [0.15, 0.2) is 18.2 Å². The maximum absolute atomic E-state index is 11.9. The van der Waals surface area contributed by atoms with Crippen LogP contribution in [0.4, 0.5) is 0 Å². The summed E-state index contributed by atoms with van der Waals surface area (Å²) < 4.78 is 1.23. The van der Waals surface area contributed by atoms with Gasteiger partial charge in [-0.15, -0.1) is 11.3 Å². The zero-order valence-electron chi connectivity index (χ0n) is 12.0. The van der Waals surface area contributed by atoms with Crippen LogP contribution in [0.2, 0.25) is 0 Å². The van der Waals surface area contributed by atoms with Crippen molar-refractivity contribution in [1.29, 1.82) is 0 Å². The van der Waals surface area contributed by atoms with Gasteiger partial charge in [0.1, 0.15) is 0 Å². The van der Waals surface area contributed by atoms with E-state index in [1.165, 1.54) is 20.5 Å². The molecular weight excluding hydrogens is 268 g/mol. The van der Waals surface area contributed by atoms with Crippen LogP contribution >= 0.6 is 11.3 Å². The van der Waals surface area contributed by atoms with Gasteiger partial charge in [-0.2, -0.15) is 0 Å². The predicted molar refractivity (Wildman–Crippen MR) is 83.7 cm³/mol. The lowest BCUT2D eigenvalue weighted by atomic mass is 9.69. The van der Waals surface area contributed by atoms with E-state index in [0.717, 1.165) is 37.7 Å². The molecule has 1 N–H and O–H groups in total. The first-order chi connectivity index (χ1) is 9.54. The van der Waals surface area contributed by atoms with Gasteiger partial charge >= 0.3 is 5.97 Å². The van der Waals surface area contributed by atoms with Gasteiger partial charge in [0, 0.05) is 9.58 Å². The predicted octanol–water partition coefficient (Wildman–Crippen LogP) is 4.80. The summed E-state index contributed by atoms with van der Waals surface area (Å²) in [6.45, 7) is 4.27. The number of carboxylic acid groups (broad SMARTS) is 1. The van der Waals surface area contributed by atoms with E-state index in [2.05, 4.69) is 26.0 Å². The van der Waals surface area contributed by atoms with Gasteiger partial charge in [-0.3, -0.25) is 4.79 Å². The third-order valence-corrected chi connectivity index (χ3v) is 6.02. The van der Waals surface area contributed by atoms with E-state index in [1.54, 1.807) is 11.3 Å². The summed E-state index contributed by atoms with van der Waals surface area (Å²) in [5.74, 6) is -0.651. The minimum atomic E-state index is -0.655. The maximum Gasteiger partial charge on any atom is 0.314 e. The fourth-order valence-corrected chi connectivity index (χ4v) is 4.54. The number of carboxylic acids is 1. The molecule has 1 aliphatic carbocycles. The number of aliphatic carboxylic acids is 1. The van der Waals surface area contributed by atoms with Crippen molar-refractivity contribution >= 4 is 27.4 Å². The Labute approximate surface area is 123 Å². The SMILES string of the molecule is Cc1sc2cc(C3(C(=O)O)CCCCC3)ccc2c1C. The monoisotopic (exact) mass is 288 g/mol. The molecule has 106 valence electrons. The molecule has 0 saturated heterocycles.